The predicted molar refractivity (Wildman–Crippen MR) is 118 cm³/mol. The second-order valence-electron chi connectivity index (χ2n) is 7.97. The highest BCUT2D eigenvalue weighted by molar-refractivity contribution is 6.02. The van der Waals surface area contributed by atoms with Gasteiger partial charge < -0.3 is 25.4 Å². The highest BCUT2D eigenvalue weighted by Crippen LogP contribution is 2.44. The molecular formula is C24H29N3O4. The molecule has 0 aliphatic carbocycles. The zero-order valence-electron chi connectivity index (χ0n) is 17.9. The van der Waals surface area contributed by atoms with Gasteiger partial charge in [-0.05, 0) is 31.0 Å². The molecule has 0 bridgehead atoms. The highest BCUT2D eigenvalue weighted by atomic mass is 16.5. The van der Waals surface area contributed by atoms with Crippen molar-refractivity contribution in [3.05, 3.63) is 64.7 Å². The summed E-state index contributed by atoms with van der Waals surface area (Å²) in [6.45, 7) is 4.85. The quantitative estimate of drug-likeness (QED) is 0.662. The van der Waals surface area contributed by atoms with Crippen LogP contribution in [-0.2, 0) is 4.74 Å². The van der Waals surface area contributed by atoms with Crippen molar-refractivity contribution < 1.29 is 19.1 Å². The van der Waals surface area contributed by atoms with Gasteiger partial charge in [0.2, 0.25) is 0 Å². The number of benzene rings is 2. The largest absolute Gasteiger partial charge is 0.489 e. The number of hydrogen-bond acceptors (Lipinski definition) is 5. The molecule has 1 unspecified atom stereocenters. The summed E-state index contributed by atoms with van der Waals surface area (Å²) < 4.78 is 11.8. The number of hydrogen-bond donors (Lipinski definition) is 3. The van der Waals surface area contributed by atoms with Crippen LogP contribution in [0.5, 0.6) is 5.75 Å². The zero-order chi connectivity index (χ0) is 21.8. The Kier molecular flexibility index (Phi) is 6.53. The SMILES string of the molecule is CNC(=O)c1cc(C(=O)NCCC2CNCCO2)cc2c1O[C@H](C)[C@H]2c1ccccc1. The fourth-order valence-electron chi connectivity index (χ4n) is 4.32. The maximum atomic E-state index is 12.9. The van der Waals surface area contributed by atoms with Crippen molar-refractivity contribution in [2.75, 3.05) is 33.3 Å². The smallest absolute Gasteiger partial charge is 0.254 e. The van der Waals surface area contributed by atoms with Crippen LogP contribution in [-0.4, -0.2) is 57.3 Å². The molecule has 2 aromatic rings. The maximum Gasteiger partial charge on any atom is 0.254 e. The van der Waals surface area contributed by atoms with Crippen LogP contribution in [0.2, 0.25) is 0 Å². The van der Waals surface area contributed by atoms with E-state index < -0.39 is 0 Å². The third-order valence-electron chi connectivity index (χ3n) is 5.87. The van der Waals surface area contributed by atoms with Gasteiger partial charge in [-0.3, -0.25) is 9.59 Å². The summed E-state index contributed by atoms with van der Waals surface area (Å²) in [7, 11) is 1.58. The molecule has 0 saturated carbocycles. The summed E-state index contributed by atoms with van der Waals surface area (Å²) in [6.07, 6.45) is 0.695. The summed E-state index contributed by atoms with van der Waals surface area (Å²) in [6, 6.07) is 13.5. The van der Waals surface area contributed by atoms with Crippen LogP contribution in [0.4, 0.5) is 0 Å². The van der Waals surface area contributed by atoms with E-state index in [2.05, 4.69) is 16.0 Å². The summed E-state index contributed by atoms with van der Waals surface area (Å²) in [5.74, 6) is 0.0320. The van der Waals surface area contributed by atoms with Gasteiger partial charge >= 0.3 is 0 Å². The molecule has 164 valence electrons. The van der Waals surface area contributed by atoms with E-state index in [4.69, 9.17) is 9.47 Å². The summed E-state index contributed by atoms with van der Waals surface area (Å²) in [5.41, 5.74) is 2.80. The predicted octanol–water partition coefficient (Wildman–Crippen LogP) is 2.07. The molecule has 2 amide bonds. The van der Waals surface area contributed by atoms with Crippen LogP contribution in [0.3, 0.4) is 0 Å². The fourth-order valence-corrected chi connectivity index (χ4v) is 4.32. The molecule has 0 aromatic heterocycles. The number of ether oxygens (including phenoxy) is 2. The van der Waals surface area contributed by atoms with E-state index in [1.807, 2.05) is 43.3 Å². The Bertz CT molecular complexity index is 941. The first-order chi connectivity index (χ1) is 15.1. The van der Waals surface area contributed by atoms with Crippen LogP contribution in [0.1, 0.15) is 51.1 Å². The number of fused-ring (bicyclic) bond motifs is 1. The molecule has 31 heavy (non-hydrogen) atoms. The molecule has 0 spiro atoms. The first-order valence-electron chi connectivity index (χ1n) is 10.8. The standard InChI is InChI=1S/C24H29N3O4/c1-15-21(16-6-4-3-5-7-16)19-12-17(13-20(22(19)31-15)24(29)25-2)23(28)27-9-8-18-14-26-10-11-30-18/h3-7,12-13,15,18,21,26H,8-11,14H2,1-2H3,(H,25,29)(H,27,28)/t15-,18?,21+/m1/s1. The minimum atomic E-state index is -0.270. The van der Waals surface area contributed by atoms with E-state index in [0.717, 1.165) is 30.6 Å². The number of rotatable bonds is 6. The van der Waals surface area contributed by atoms with E-state index in [1.165, 1.54) is 0 Å². The molecular weight excluding hydrogens is 394 g/mol. The van der Waals surface area contributed by atoms with Gasteiger partial charge in [-0.15, -0.1) is 0 Å². The third kappa shape index (κ3) is 4.57. The lowest BCUT2D eigenvalue weighted by atomic mass is 9.87. The third-order valence-corrected chi connectivity index (χ3v) is 5.87. The van der Waals surface area contributed by atoms with Crippen molar-refractivity contribution in [2.45, 2.75) is 31.5 Å². The molecule has 7 nitrogen and oxygen atoms in total. The molecule has 2 aliphatic heterocycles. The minimum Gasteiger partial charge on any atom is -0.489 e. The van der Waals surface area contributed by atoms with Gasteiger partial charge in [-0.25, -0.2) is 0 Å². The summed E-state index contributed by atoms with van der Waals surface area (Å²) in [5, 5.41) is 8.91. The van der Waals surface area contributed by atoms with Crippen molar-refractivity contribution >= 4 is 11.8 Å². The fraction of sp³-hybridized carbons (Fsp3) is 0.417. The number of morpholine rings is 1. The van der Waals surface area contributed by atoms with Gasteiger partial charge in [0, 0.05) is 43.7 Å². The van der Waals surface area contributed by atoms with Crippen LogP contribution in [0.25, 0.3) is 0 Å². The number of carbonyl (C=O) groups excluding carboxylic acids is 2. The number of nitrogens with one attached hydrogen (secondary N) is 3. The first-order valence-corrected chi connectivity index (χ1v) is 10.8. The molecule has 0 radical (unpaired) electrons. The van der Waals surface area contributed by atoms with Crippen molar-refractivity contribution in [1.82, 2.24) is 16.0 Å². The first kappa shape index (κ1) is 21.3. The Morgan fingerprint density at radius 2 is 1.97 bits per heavy atom. The lowest BCUT2D eigenvalue weighted by Crippen LogP contribution is -2.40. The Balaban J connectivity index is 1.59. The minimum absolute atomic E-state index is 0.0472. The average molecular weight is 424 g/mol. The summed E-state index contributed by atoms with van der Waals surface area (Å²) >= 11 is 0. The second-order valence-corrected chi connectivity index (χ2v) is 7.97. The lowest BCUT2D eigenvalue weighted by molar-refractivity contribution is 0.0239. The van der Waals surface area contributed by atoms with E-state index in [1.54, 1.807) is 13.1 Å². The van der Waals surface area contributed by atoms with Gasteiger partial charge in [0.1, 0.15) is 11.9 Å². The summed E-state index contributed by atoms with van der Waals surface area (Å²) in [4.78, 5) is 25.5. The van der Waals surface area contributed by atoms with Gasteiger partial charge in [-0.1, -0.05) is 30.3 Å². The normalized spacial score (nSPS) is 22.3. The molecule has 2 aliphatic rings. The van der Waals surface area contributed by atoms with Gasteiger partial charge in [0.05, 0.1) is 18.3 Å². The van der Waals surface area contributed by atoms with Crippen molar-refractivity contribution in [3.8, 4) is 5.75 Å². The molecule has 7 heteroatoms. The molecule has 4 rings (SSSR count). The van der Waals surface area contributed by atoms with Crippen LogP contribution in [0, 0.1) is 0 Å². The topological polar surface area (TPSA) is 88.7 Å². The maximum absolute atomic E-state index is 12.9. The van der Waals surface area contributed by atoms with E-state index >= 15 is 0 Å². The Morgan fingerprint density at radius 3 is 2.68 bits per heavy atom. The van der Waals surface area contributed by atoms with E-state index in [-0.39, 0.29) is 29.9 Å². The van der Waals surface area contributed by atoms with Crippen LogP contribution < -0.4 is 20.7 Å². The Labute approximate surface area is 182 Å². The Morgan fingerprint density at radius 1 is 1.16 bits per heavy atom. The zero-order valence-corrected chi connectivity index (χ0v) is 17.9. The monoisotopic (exact) mass is 423 g/mol. The lowest BCUT2D eigenvalue weighted by Gasteiger charge is -2.23. The Hall–Kier alpha value is -2.90. The molecule has 1 fully saturated rings. The van der Waals surface area contributed by atoms with Gasteiger partial charge in [0.15, 0.2) is 0 Å². The molecule has 2 aromatic carbocycles. The molecule has 3 N–H and O–H groups in total. The highest BCUT2D eigenvalue weighted by Gasteiger charge is 2.36. The molecule has 2 heterocycles. The van der Waals surface area contributed by atoms with Crippen molar-refractivity contribution in [3.63, 3.8) is 0 Å². The van der Waals surface area contributed by atoms with E-state index in [9.17, 15) is 9.59 Å². The number of carbonyl (C=O) groups is 2. The van der Waals surface area contributed by atoms with Crippen LogP contribution in [0.15, 0.2) is 42.5 Å². The van der Waals surface area contributed by atoms with Crippen molar-refractivity contribution in [1.29, 1.82) is 0 Å². The van der Waals surface area contributed by atoms with E-state index in [0.29, 0.717) is 30.0 Å². The van der Waals surface area contributed by atoms with Crippen LogP contribution >= 0.6 is 0 Å². The average Bonchev–Trinajstić information content (AvgIpc) is 3.14. The van der Waals surface area contributed by atoms with Gasteiger partial charge in [0.25, 0.3) is 11.8 Å². The molecule has 1 saturated heterocycles. The molecule has 3 atom stereocenters. The number of amides is 2. The van der Waals surface area contributed by atoms with Crippen molar-refractivity contribution in [2.24, 2.45) is 0 Å². The second kappa shape index (κ2) is 9.49. The van der Waals surface area contributed by atoms with Gasteiger partial charge in [-0.2, -0.15) is 0 Å².